The molecule has 2 rings (SSSR count). The van der Waals surface area contributed by atoms with Crippen LogP contribution in [0.3, 0.4) is 0 Å². The third kappa shape index (κ3) is 8.38. The average molecular weight is 437 g/mol. The predicted molar refractivity (Wildman–Crippen MR) is 127 cm³/mol. The number of methoxy groups -OCH3 is 2. The van der Waals surface area contributed by atoms with Crippen molar-refractivity contribution in [3.63, 3.8) is 0 Å². The van der Waals surface area contributed by atoms with E-state index in [4.69, 9.17) is 9.47 Å². The smallest absolute Gasteiger partial charge is 0.238 e. The zero-order valence-electron chi connectivity index (χ0n) is 19.0. The lowest BCUT2D eigenvalue weighted by molar-refractivity contribution is -0.122. The van der Waals surface area contributed by atoms with Gasteiger partial charge in [0.25, 0.3) is 0 Å². The fourth-order valence-electron chi connectivity index (χ4n) is 3.78. The molecular formula is C24H40N2O3S. The van der Waals surface area contributed by atoms with Crippen molar-refractivity contribution in [3.8, 4) is 11.5 Å². The quantitative estimate of drug-likeness (QED) is 0.358. The molecule has 1 unspecified atom stereocenters. The van der Waals surface area contributed by atoms with Gasteiger partial charge >= 0.3 is 0 Å². The van der Waals surface area contributed by atoms with E-state index in [0.717, 1.165) is 30.0 Å². The van der Waals surface area contributed by atoms with E-state index in [1.54, 1.807) is 26.0 Å². The molecule has 1 aliphatic heterocycles. The Labute approximate surface area is 187 Å². The summed E-state index contributed by atoms with van der Waals surface area (Å²) in [6, 6.07) is 5.77. The first kappa shape index (κ1) is 24.9. The summed E-state index contributed by atoms with van der Waals surface area (Å²) in [5.41, 5.74) is 1.10. The molecule has 1 heterocycles. The highest BCUT2D eigenvalue weighted by atomic mass is 32.2. The second-order valence-electron chi connectivity index (χ2n) is 8.02. The number of unbranched alkanes of at least 4 members (excludes halogenated alkanes) is 9. The van der Waals surface area contributed by atoms with E-state index in [1.165, 1.54) is 57.8 Å². The van der Waals surface area contributed by atoms with E-state index >= 15 is 0 Å². The second kappa shape index (κ2) is 14.6. The Kier molecular flexibility index (Phi) is 12.1. The van der Waals surface area contributed by atoms with Gasteiger partial charge in [-0.2, -0.15) is 0 Å². The lowest BCUT2D eigenvalue weighted by atomic mass is 10.1. The third-order valence-electron chi connectivity index (χ3n) is 5.64. The predicted octanol–water partition coefficient (Wildman–Crippen LogP) is 5.44. The maximum absolute atomic E-state index is 12.5. The van der Waals surface area contributed by atoms with Crippen molar-refractivity contribution in [2.45, 2.75) is 82.5 Å². The van der Waals surface area contributed by atoms with Crippen molar-refractivity contribution in [2.75, 3.05) is 26.5 Å². The lowest BCUT2D eigenvalue weighted by Gasteiger charge is -2.15. The van der Waals surface area contributed by atoms with Crippen molar-refractivity contribution in [3.05, 3.63) is 23.8 Å². The minimum Gasteiger partial charge on any atom is -0.493 e. The molecule has 1 fully saturated rings. The fraction of sp³-hybridized carbons (Fsp3) is 0.708. The molecule has 1 aromatic carbocycles. The van der Waals surface area contributed by atoms with Crippen molar-refractivity contribution in [1.29, 1.82) is 0 Å². The Bertz CT molecular complexity index is 626. The fourth-order valence-corrected chi connectivity index (χ4v) is 5.01. The SMILES string of the molecule is CCCCCCCCCCCCNC(=O)[C@@H]1CSC(c2ccc(OC)c(OC)c2)N1. The Hall–Kier alpha value is -1.40. The largest absolute Gasteiger partial charge is 0.493 e. The summed E-state index contributed by atoms with van der Waals surface area (Å²) < 4.78 is 10.7. The Morgan fingerprint density at radius 3 is 2.27 bits per heavy atom. The van der Waals surface area contributed by atoms with Crippen LogP contribution in [0, 0.1) is 0 Å². The number of hydrogen-bond donors (Lipinski definition) is 2. The topological polar surface area (TPSA) is 59.6 Å². The molecule has 0 bridgehead atoms. The van der Waals surface area contributed by atoms with E-state index in [0.29, 0.717) is 5.75 Å². The van der Waals surface area contributed by atoms with Crippen LogP contribution in [0.2, 0.25) is 0 Å². The zero-order chi connectivity index (χ0) is 21.6. The number of ether oxygens (including phenoxy) is 2. The molecule has 170 valence electrons. The number of carbonyl (C=O) groups is 1. The van der Waals surface area contributed by atoms with Gasteiger partial charge in [-0.15, -0.1) is 11.8 Å². The van der Waals surface area contributed by atoms with Gasteiger partial charge in [0, 0.05) is 12.3 Å². The monoisotopic (exact) mass is 436 g/mol. The van der Waals surface area contributed by atoms with E-state index in [1.807, 2.05) is 18.2 Å². The van der Waals surface area contributed by atoms with Crippen LogP contribution < -0.4 is 20.1 Å². The maximum atomic E-state index is 12.5. The molecule has 6 heteroatoms. The lowest BCUT2D eigenvalue weighted by Crippen LogP contribution is -2.42. The molecule has 0 aliphatic carbocycles. The number of thioether (sulfide) groups is 1. The van der Waals surface area contributed by atoms with Crippen molar-refractivity contribution < 1.29 is 14.3 Å². The van der Waals surface area contributed by atoms with Crippen LogP contribution >= 0.6 is 11.8 Å². The van der Waals surface area contributed by atoms with Crippen molar-refractivity contribution >= 4 is 17.7 Å². The summed E-state index contributed by atoms with van der Waals surface area (Å²) in [7, 11) is 3.27. The summed E-state index contributed by atoms with van der Waals surface area (Å²) in [6.07, 6.45) is 13.1. The number of hydrogen-bond acceptors (Lipinski definition) is 5. The average Bonchev–Trinajstić information content (AvgIpc) is 3.27. The van der Waals surface area contributed by atoms with E-state index in [2.05, 4.69) is 17.6 Å². The summed E-state index contributed by atoms with van der Waals surface area (Å²) in [5, 5.41) is 6.64. The molecule has 0 spiro atoms. The van der Waals surface area contributed by atoms with Crippen LogP contribution in [0.25, 0.3) is 0 Å². The highest BCUT2D eigenvalue weighted by molar-refractivity contribution is 7.99. The van der Waals surface area contributed by atoms with E-state index in [-0.39, 0.29) is 17.3 Å². The Balaban J connectivity index is 1.58. The van der Waals surface area contributed by atoms with Crippen LogP contribution in [0.5, 0.6) is 11.5 Å². The van der Waals surface area contributed by atoms with Gasteiger partial charge < -0.3 is 14.8 Å². The number of carbonyl (C=O) groups excluding carboxylic acids is 1. The Morgan fingerprint density at radius 2 is 1.63 bits per heavy atom. The van der Waals surface area contributed by atoms with Crippen molar-refractivity contribution in [2.24, 2.45) is 0 Å². The van der Waals surface area contributed by atoms with E-state index < -0.39 is 0 Å². The molecular weight excluding hydrogens is 396 g/mol. The molecule has 0 aromatic heterocycles. The molecule has 2 N–H and O–H groups in total. The zero-order valence-corrected chi connectivity index (χ0v) is 19.8. The number of benzene rings is 1. The maximum Gasteiger partial charge on any atom is 0.238 e. The molecule has 30 heavy (non-hydrogen) atoms. The normalized spacial score (nSPS) is 18.4. The minimum atomic E-state index is -0.142. The van der Waals surface area contributed by atoms with Crippen LogP contribution in [0.1, 0.15) is 82.1 Å². The van der Waals surface area contributed by atoms with Gasteiger partial charge in [0.2, 0.25) is 5.91 Å². The summed E-state index contributed by atoms with van der Waals surface area (Å²) in [5.74, 6) is 2.32. The first-order valence-corrected chi connectivity index (χ1v) is 12.6. The standard InChI is InChI=1S/C24H40N2O3S/c1-4-5-6-7-8-9-10-11-12-13-16-25-23(27)20-18-30-24(26-20)19-14-15-21(28-2)22(17-19)29-3/h14-15,17,20,24,26H,4-13,16,18H2,1-3H3,(H,25,27)/t20-,24?/m0/s1. The molecule has 1 amide bonds. The number of amides is 1. The molecule has 0 saturated carbocycles. The number of nitrogens with one attached hydrogen (secondary N) is 2. The third-order valence-corrected chi connectivity index (χ3v) is 6.91. The van der Waals surface area contributed by atoms with Gasteiger partial charge in [-0.05, 0) is 24.1 Å². The molecule has 1 saturated heterocycles. The van der Waals surface area contributed by atoms with Gasteiger partial charge in [0.15, 0.2) is 11.5 Å². The van der Waals surface area contributed by atoms with Crippen LogP contribution in [-0.2, 0) is 4.79 Å². The molecule has 1 aromatic rings. The Morgan fingerprint density at radius 1 is 1.00 bits per heavy atom. The van der Waals surface area contributed by atoms with Gasteiger partial charge in [0.05, 0.1) is 25.6 Å². The van der Waals surface area contributed by atoms with Crippen LogP contribution in [0.4, 0.5) is 0 Å². The molecule has 1 aliphatic rings. The van der Waals surface area contributed by atoms with Gasteiger partial charge in [-0.1, -0.05) is 70.8 Å². The van der Waals surface area contributed by atoms with Crippen LogP contribution in [0.15, 0.2) is 18.2 Å². The highest BCUT2D eigenvalue weighted by Gasteiger charge is 2.30. The minimum absolute atomic E-state index is 0.0953. The molecule has 5 nitrogen and oxygen atoms in total. The van der Waals surface area contributed by atoms with Crippen LogP contribution in [-0.4, -0.2) is 38.5 Å². The molecule has 2 atom stereocenters. The van der Waals surface area contributed by atoms with Gasteiger partial charge in [-0.3, -0.25) is 10.1 Å². The molecule has 0 radical (unpaired) electrons. The summed E-state index contributed by atoms with van der Waals surface area (Å²) >= 11 is 1.76. The summed E-state index contributed by atoms with van der Waals surface area (Å²) in [4.78, 5) is 12.5. The van der Waals surface area contributed by atoms with E-state index in [9.17, 15) is 4.79 Å². The first-order chi connectivity index (χ1) is 14.7. The van der Waals surface area contributed by atoms with Gasteiger partial charge in [-0.25, -0.2) is 0 Å². The summed E-state index contributed by atoms with van der Waals surface area (Å²) in [6.45, 7) is 3.04. The number of rotatable bonds is 15. The van der Waals surface area contributed by atoms with Crippen molar-refractivity contribution in [1.82, 2.24) is 10.6 Å². The second-order valence-corrected chi connectivity index (χ2v) is 9.16. The first-order valence-electron chi connectivity index (χ1n) is 11.6. The van der Waals surface area contributed by atoms with Gasteiger partial charge in [0.1, 0.15) is 0 Å². The highest BCUT2D eigenvalue weighted by Crippen LogP contribution is 2.37.